The molecule has 1 aromatic carbocycles. The first-order valence-electron chi connectivity index (χ1n) is 7.75. The first-order chi connectivity index (χ1) is 11.6. The van der Waals surface area contributed by atoms with Gasteiger partial charge >= 0.3 is 0 Å². The number of terminal acetylenes is 1. The number of nitrogens with zero attached hydrogens (tertiary/aromatic N) is 2. The van der Waals surface area contributed by atoms with E-state index < -0.39 is 0 Å². The number of pyridine rings is 1. The number of hydrogen-bond acceptors (Lipinski definition) is 4. The van der Waals surface area contributed by atoms with Gasteiger partial charge in [-0.25, -0.2) is 4.98 Å². The minimum absolute atomic E-state index is 0.373. The summed E-state index contributed by atoms with van der Waals surface area (Å²) in [6.07, 6.45) is 7.75. The Morgan fingerprint density at radius 2 is 2.12 bits per heavy atom. The van der Waals surface area contributed by atoms with E-state index >= 15 is 0 Å². The lowest BCUT2D eigenvalue weighted by atomic mass is 10.2. The van der Waals surface area contributed by atoms with Gasteiger partial charge in [-0.05, 0) is 37.0 Å². The lowest BCUT2D eigenvalue weighted by Crippen LogP contribution is -2.22. The number of benzene rings is 1. The number of halogens is 2. The van der Waals surface area contributed by atoms with E-state index in [0.29, 0.717) is 46.9 Å². The molecule has 3 rings (SSSR count). The second-order valence-electron chi connectivity index (χ2n) is 5.81. The molecule has 0 spiro atoms. The molecule has 1 aliphatic rings. The molecule has 0 aliphatic heterocycles. The average Bonchev–Trinajstić information content (AvgIpc) is 3.38. The SMILES string of the molecule is C#CCN(Cc1ccc2c(Cl)cc(Cl)c(OCC3CC3)c2n1)OC. The van der Waals surface area contributed by atoms with Crippen LogP contribution in [-0.2, 0) is 11.4 Å². The van der Waals surface area contributed by atoms with Crippen molar-refractivity contribution >= 4 is 34.1 Å². The second-order valence-corrected chi connectivity index (χ2v) is 6.62. The molecule has 0 atom stereocenters. The van der Waals surface area contributed by atoms with Crippen LogP contribution in [-0.4, -0.2) is 30.3 Å². The lowest BCUT2D eigenvalue weighted by molar-refractivity contribution is -0.129. The van der Waals surface area contributed by atoms with Crippen LogP contribution in [0.25, 0.3) is 10.9 Å². The normalized spacial score (nSPS) is 14.1. The quantitative estimate of drug-likeness (QED) is 0.541. The molecule has 1 heterocycles. The zero-order valence-corrected chi connectivity index (χ0v) is 14.9. The summed E-state index contributed by atoms with van der Waals surface area (Å²) >= 11 is 12.6. The zero-order chi connectivity index (χ0) is 17.1. The predicted octanol–water partition coefficient (Wildman–Crippen LogP) is 4.33. The monoisotopic (exact) mass is 364 g/mol. The predicted molar refractivity (Wildman–Crippen MR) is 96.2 cm³/mol. The molecule has 2 aromatic rings. The molecule has 126 valence electrons. The highest BCUT2D eigenvalue weighted by Crippen LogP contribution is 2.39. The molecule has 0 amide bonds. The van der Waals surface area contributed by atoms with Gasteiger partial charge in [0.15, 0.2) is 5.75 Å². The fourth-order valence-electron chi connectivity index (χ4n) is 2.41. The summed E-state index contributed by atoms with van der Waals surface area (Å²) in [4.78, 5) is 9.92. The smallest absolute Gasteiger partial charge is 0.164 e. The largest absolute Gasteiger partial charge is 0.489 e. The van der Waals surface area contributed by atoms with Crippen molar-refractivity contribution < 1.29 is 9.57 Å². The zero-order valence-electron chi connectivity index (χ0n) is 13.4. The Morgan fingerprint density at radius 1 is 1.33 bits per heavy atom. The molecule has 1 aromatic heterocycles. The van der Waals surface area contributed by atoms with Crippen LogP contribution in [0.2, 0.25) is 10.0 Å². The van der Waals surface area contributed by atoms with Crippen LogP contribution in [0, 0.1) is 18.3 Å². The van der Waals surface area contributed by atoms with E-state index in [1.165, 1.54) is 12.8 Å². The molecule has 0 radical (unpaired) electrons. The molecule has 1 aliphatic carbocycles. The Hall–Kier alpha value is -1.51. The molecule has 0 N–H and O–H groups in total. The van der Waals surface area contributed by atoms with Crippen molar-refractivity contribution in [1.29, 1.82) is 0 Å². The minimum Gasteiger partial charge on any atom is -0.489 e. The van der Waals surface area contributed by atoms with Crippen LogP contribution in [0.1, 0.15) is 18.5 Å². The lowest BCUT2D eigenvalue weighted by Gasteiger charge is -2.17. The third-order valence-electron chi connectivity index (χ3n) is 3.92. The Labute approximate surface area is 151 Å². The maximum absolute atomic E-state index is 6.34. The Morgan fingerprint density at radius 3 is 2.79 bits per heavy atom. The molecule has 1 saturated carbocycles. The van der Waals surface area contributed by atoms with Gasteiger partial charge in [0.2, 0.25) is 0 Å². The summed E-state index contributed by atoms with van der Waals surface area (Å²) in [6.45, 7) is 1.49. The number of fused-ring (bicyclic) bond motifs is 1. The van der Waals surface area contributed by atoms with E-state index in [1.54, 1.807) is 18.2 Å². The summed E-state index contributed by atoms with van der Waals surface area (Å²) in [5, 5.41) is 3.49. The standard InChI is InChI=1S/C18H18Cl2N2O2/c1-3-8-22(23-2)10-13-6-7-14-15(19)9-16(20)18(17(14)21-13)24-11-12-4-5-12/h1,6-7,9,12H,4-5,8,10-11H2,2H3. The number of hydrogen-bond donors (Lipinski definition) is 0. The van der Waals surface area contributed by atoms with Gasteiger partial charge in [-0.1, -0.05) is 29.1 Å². The maximum atomic E-state index is 6.34. The average molecular weight is 365 g/mol. The van der Waals surface area contributed by atoms with E-state index in [0.717, 1.165) is 11.1 Å². The molecular weight excluding hydrogens is 347 g/mol. The Kier molecular flexibility index (Phi) is 5.47. The third kappa shape index (κ3) is 3.93. The summed E-state index contributed by atoms with van der Waals surface area (Å²) < 4.78 is 5.93. The fourth-order valence-corrected chi connectivity index (χ4v) is 2.98. The highest BCUT2D eigenvalue weighted by molar-refractivity contribution is 6.39. The highest BCUT2D eigenvalue weighted by Gasteiger charge is 2.23. The molecule has 1 fully saturated rings. The third-order valence-corrected chi connectivity index (χ3v) is 4.51. The number of ether oxygens (including phenoxy) is 1. The molecule has 0 bridgehead atoms. The van der Waals surface area contributed by atoms with Gasteiger partial charge in [-0.2, -0.15) is 5.06 Å². The number of aromatic nitrogens is 1. The van der Waals surface area contributed by atoms with Crippen LogP contribution >= 0.6 is 23.2 Å². The van der Waals surface area contributed by atoms with Gasteiger partial charge in [0.05, 0.1) is 42.5 Å². The molecule has 24 heavy (non-hydrogen) atoms. The van der Waals surface area contributed by atoms with Crippen LogP contribution in [0.4, 0.5) is 0 Å². The summed E-state index contributed by atoms with van der Waals surface area (Å²) in [7, 11) is 1.58. The van der Waals surface area contributed by atoms with Crippen molar-refractivity contribution in [3.05, 3.63) is 33.9 Å². The highest BCUT2D eigenvalue weighted by atomic mass is 35.5. The van der Waals surface area contributed by atoms with E-state index in [2.05, 4.69) is 10.9 Å². The summed E-state index contributed by atoms with van der Waals surface area (Å²) in [5.41, 5.74) is 1.47. The summed E-state index contributed by atoms with van der Waals surface area (Å²) in [5.74, 6) is 3.76. The molecular formula is C18H18Cl2N2O2. The summed E-state index contributed by atoms with van der Waals surface area (Å²) in [6, 6.07) is 5.52. The fraction of sp³-hybridized carbons (Fsp3) is 0.389. The van der Waals surface area contributed by atoms with Gasteiger partial charge in [-0.3, -0.25) is 0 Å². The van der Waals surface area contributed by atoms with E-state index in [4.69, 9.17) is 39.2 Å². The van der Waals surface area contributed by atoms with E-state index in [9.17, 15) is 0 Å². The van der Waals surface area contributed by atoms with Crippen LogP contribution < -0.4 is 4.74 Å². The second kappa shape index (κ2) is 7.58. The minimum atomic E-state index is 0.373. The van der Waals surface area contributed by atoms with Crippen LogP contribution in [0.15, 0.2) is 18.2 Å². The van der Waals surface area contributed by atoms with Crippen molar-refractivity contribution in [1.82, 2.24) is 10.0 Å². The van der Waals surface area contributed by atoms with E-state index in [1.807, 2.05) is 12.1 Å². The first-order valence-corrected chi connectivity index (χ1v) is 8.51. The van der Waals surface area contributed by atoms with Crippen molar-refractivity contribution in [3.63, 3.8) is 0 Å². The van der Waals surface area contributed by atoms with Gasteiger partial charge in [-0.15, -0.1) is 6.42 Å². The Bertz CT molecular complexity index is 785. The van der Waals surface area contributed by atoms with Gasteiger partial charge in [0, 0.05) is 5.39 Å². The first kappa shape index (κ1) is 17.3. The van der Waals surface area contributed by atoms with Crippen LogP contribution in [0.5, 0.6) is 5.75 Å². The van der Waals surface area contributed by atoms with Crippen molar-refractivity contribution in [3.8, 4) is 18.1 Å². The number of rotatable bonds is 7. The van der Waals surface area contributed by atoms with Crippen molar-refractivity contribution in [2.75, 3.05) is 20.3 Å². The number of hydroxylamine groups is 2. The Balaban J connectivity index is 1.95. The van der Waals surface area contributed by atoms with Crippen molar-refractivity contribution in [2.24, 2.45) is 5.92 Å². The topological polar surface area (TPSA) is 34.6 Å². The molecule has 4 nitrogen and oxygen atoms in total. The maximum Gasteiger partial charge on any atom is 0.164 e. The van der Waals surface area contributed by atoms with Crippen molar-refractivity contribution in [2.45, 2.75) is 19.4 Å². The van der Waals surface area contributed by atoms with Gasteiger partial charge < -0.3 is 9.57 Å². The van der Waals surface area contributed by atoms with E-state index in [-0.39, 0.29) is 0 Å². The molecule has 0 saturated heterocycles. The van der Waals surface area contributed by atoms with Crippen LogP contribution in [0.3, 0.4) is 0 Å². The van der Waals surface area contributed by atoms with Gasteiger partial charge in [0.1, 0.15) is 5.52 Å². The van der Waals surface area contributed by atoms with Gasteiger partial charge in [0.25, 0.3) is 0 Å². The molecule has 6 heteroatoms. The molecule has 0 unspecified atom stereocenters.